The number of rotatable bonds is 3. The molecule has 0 fully saturated rings. The maximum absolute atomic E-state index is 13.4. The smallest absolute Gasteiger partial charge is 0.357 e. The highest BCUT2D eigenvalue weighted by atomic mass is 19.4. The van der Waals surface area contributed by atoms with E-state index in [0.29, 0.717) is 47.1 Å². The van der Waals surface area contributed by atoms with Crippen molar-refractivity contribution >= 4 is 34.4 Å². The maximum atomic E-state index is 13.4. The summed E-state index contributed by atoms with van der Waals surface area (Å²) in [6.45, 7) is 4.58. The van der Waals surface area contributed by atoms with E-state index in [-0.39, 0.29) is 18.1 Å². The second-order valence-corrected chi connectivity index (χ2v) is 8.59. The first-order valence-corrected chi connectivity index (χ1v) is 11.2. The predicted molar refractivity (Wildman–Crippen MR) is 123 cm³/mol. The van der Waals surface area contributed by atoms with Gasteiger partial charge >= 0.3 is 6.18 Å². The van der Waals surface area contributed by atoms with Gasteiger partial charge in [-0.05, 0) is 44.4 Å². The van der Waals surface area contributed by atoms with Gasteiger partial charge in [0, 0.05) is 37.9 Å². The van der Waals surface area contributed by atoms with Crippen LogP contribution in [-0.4, -0.2) is 55.6 Å². The van der Waals surface area contributed by atoms with Gasteiger partial charge in [0.25, 0.3) is 11.6 Å². The fraction of sp³-hybridized carbons (Fsp3) is 0.391. The molecule has 4 heterocycles. The van der Waals surface area contributed by atoms with Crippen molar-refractivity contribution in [2.75, 3.05) is 29.9 Å². The molecule has 0 saturated heterocycles. The predicted octanol–water partition coefficient (Wildman–Crippen LogP) is 3.51. The Bertz CT molecular complexity index is 1450. The second kappa shape index (κ2) is 8.43. The number of benzene rings is 1. The van der Waals surface area contributed by atoms with Crippen molar-refractivity contribution in [2.24, 2.45) is 0 Å². The lowest BCUT2D eigenvalue weighted by Gasteiger charge is -2.23. The molecule has 1 amide bonds. The number of carbonyl (C=O) groups excluding carboxylic acids is 1. The summed E-state index contributed by atoms with van der Waals surface area (Å²) < 4.78 is 40.3. The number of carbonyl (C=O) groups is 1. The minimum atomic E-state index is -4.66. The molecule has 0 atom stereocenters. The molecule has 12 heteroatoms. The summed E-state index contributed by atoms with van der Waals surface area (Å²) in [6.07, 6.45) is -3.49. The van der Waals surface area contributed by atoms with Gasteiger partial charge in [-0.1, -0.05) is 12.1 Å². The van der Waals surface area contributed by atoms with E-state index in [1.54, 1.807) is 18.7 Å². The lowest BCUT2D eigenvalue weighted by Crippen LogP contribution is -2.32. The molecule has 0 radical (unpaired) electrons. The summed E-state index contributed by atoms with van der Waals surface area (Å²) in [7, 11) is 1.93. The summed E-state index contributed by atoms with van der Waals surface area (Å²) in [5, 5.41) is 3.58. The van der Waals surface area contributed by atoms with Gasteiger partial charge < -0.3 is 4.90 Å². The molecule has 182 valence electrons. The first-order valence-electron chi connectivity index (χ1n) is 11.2. The van der Waals surface area contributed by atoms with Crippen LogP contribution in [-0.2, 0) is 17.4 Å². The van der Waals surface area contributed by atoms with Crippen LogP contribution in [0.4, 0.5) is 24.8 Å². The zero-order valence-corrected chi connectivity index (χ0v) is 19.5. The Morgan fingerprint density at radius 3 is 2.37 bits per heavy atom. The van der Waals surface area contributed by atoms with Crippen molar-refractivity contribution in [3.8, 4) is 0 Å². The van der Waals surface area contributed by atoms with Crippen molar-refractivity contribution in [2.45, 2.75) is 39.3 Å². The number of halogens is 3. The maximum Gasteiger partial charge on any atom is 0.453 e. The number of para-hydroxylation sites is 2. The highest BCUT2D eigenvalue weighted by Gasteiger charge is 2.37. The topological polar surface area (TPSA) is 92.4 Å². The van der Waals surface area contributed by atoms with Crippen molar-refractivity contribution < 1.29 is 18.0 Å². The van der Waals surface area contributed by atoms with E-state index < -0.39 is 12.0 Å². The molecule has 3 aromatic heterocycles. The number of nitrogens with zero attached hydrogens (tertiary/aromatic N) is 8. The van der Waals surface area contributed by atoms with Crippen LogP contribution in [0.15, 0.2) is 24.3 Å². The van der Waals surface area contributed by atoms with Gasteiger partial charge in [0.2, 0.25) is 5.91 Å². The summed E-state index contributed by atoms with van der Waals surface area (Å²) in [5.41, 5.74) is 3.12. The number of amides is 1. The average Bonchev–Trinajstić information content (AvgIpc) is 3.18. The second-order valence-electron chi connectivity index (χ2n) is 8.59. The molecular formula is C23H23F3N8O. The Balaban J connectivity index is 1.45. The molecule has 0 saturated carbocycles. The number of hydrogen-bond donors (Lipinski definition) is 0. The lowest BCUT2D eigenvalue weighted by atomic mass is 10.1. The Hall–Kier alpha value is -3.83. The van der Waals surface area contributed by atoms with Crippen LogP contribution in [0.25, 0.3) is 16.8 Å². The molecule has 0 bridgehead atoms. The fourth-order valence-corrected chi connectivity index (χ4v) is 4.40. The summed E-state index contributed by atoms with van der Waals surface area (Å²) in [6, 6.07) is 7.51. The molecule has 1 aliphatic heterocycles. The van der Waals surface area contributed by atoms with Crippen LogP contribution in [0.5, 0.6) is 0 Å². The van der Waals surface area contributed by atoms with Gasteiger partial charge in [0.05, 0.1) is 11.0 Å². The molecule has 1 aliphatic rings. The van der Waals surface area contributed by atoms with Crippen molar-refractivity contribution in [3.05, 3.63) is 47.0 Å². The van der Waals surface area contributed by atoms with Gasteiger partial charge in [0.15, 0.2) is 11.6 Å². The number of aromatic nitrogens is 6. The normalized spacial score (nSPS) is 14.5. The van der Waals surface area contributed by atoms with Crippen molar-refractivity contribution in [1.82, 2.24) is 29.5 Å². The highest BCUT2D eigenvalue weighted by Crippen LogP contribution is 2.31. The molecule has 35 heavy (non-hydrogen) atoms. The molecule has 1 aromatic carbocycles. The van der Waals surface area contributed by atoms with E-state index in [0.717, 1.165) is 23.0 Å². The average molecular weight is 484 g/mol. The van der Waals surface area contributed by atoms with Gasteiger partial charge in [-0.25, -0.2) is 19.5 Å². The largest absolute Gasteiger partial charge is 0.453 e. The first kappa shape index (κ1) is 22.9. The van der Waals surface area contributed by atoms with E-state index in [1.165, 1.54) is 0 Å². The quantitative estimate of drug-likeness (QED) is 0.439. The summed E-state index contributed by atoms with van der Waals surface area (Å²) >= 11 is 0. The van der Waals surface area contributed by atoms with Gasteiger partial charge in [0.1, 0.15) is 0 Å². The number of anilines is 2. The molecular weight excluding hydrogens is 461 g/mol. The third kappa shape index (κ3) is 4.13. The van der Waals surface area contributed by atoms with Gasteiger partial charge in [-0.3, -0.25) is 9.69 Å². The number of aryl methyl sites for hydroxylation is 2. The first-order chi connectivity index (χ1) is 16.6. The molecule has 0 unspecified atom stereocenters. The molecule has 0 spiro atoms. The molecule has 9 nitrogen and oxygen atoms in total. The Labute approximate surface area is 198 Å². The van der Waals surface area contributed by atoms with Gasteiger partial charge in [-0.15, -0.1) is 5.10 Å². The van der Waals surface area contributed by atoms with Crippen LogP contribution in [0, 0.1) is 13.8 Å². The van der Waals surface area contributed by atoms with E-state index in [9.17, 15) is 18.0 Å². The Morgan fingerprint density at radius 1 is 1.00 bits per heavy atom. The standard InChI is InChI=1S/C23H23F3N8O/c1-13-15(14(2)34-22(27-13)30-21(31-34)23(24,25)26)9-10-18(35)33-12-6-11-32(3)19-20(33)29-17-8-5-4-7-16(17)28-19/h4-5,7-8H,6,9-12H2,1-3H3. The Morgan fingerprint density at radius 2 is 1.69 bits per heavy atom. The van der Waals surface area contributed by atoms with Crippen LogP contribution < -0.4 is 9.80 Å². The number of hydrogen-bond acceptors (Lipinski definition) is 7. The summed E-state index contributed by atoms with van der Waals surface area (Å²) in [5.74, 6) is -0.334. The van der Waals surface area contributed by atoms with Crippen molar-refractivity contribution in [1.29, 1.82) is 0 Å². The molecule has 0 aliphatic carbocycles. The SMILES string of the molecule is Cc1nc2nc(C(F)(F)F)nn2c(C)c1CCC(=O)N1CCCN(C)c2nc3ccccc3nc21. The van der Waals surface area contributed by atoms with E-state index >= 15 is 0 Å². The van der Waals surface area contributed by atoms with Gasteiger partial charge in [-0.2, -0.15) is 18.2 Å². The third-order valence-electron chi connectivity index (χ3n) is 6.22. The molecule has 0 N–H and O–H groups in total. The lowest BCUT2D eigenvalue weighted by molar-refractivity contribution is -0.144. The number of fused-ring (bicyclic) bond motifs is 3. The van der Waals surface area contributed by atoms with Crippen molar-refractivity contribution in [3.63, 3.8) is 0 Å². The minimum Gasteiger partial charge on any atom is -0.357 e. The molecule has 5 rings (SSSR count). The molecule has 4 aromatic rings. The van der Waals surface area contributed by atoms with Crippen LogP contribution >= 0.6 is 0 Å². The van der Waals surface area contributed by atoms with Crippen LogP contribution in [0.1, 0.15) is 35.6 Å². The number of alkyl halides is 3. The fourth-order valence-electron chi connectivity index (χ4n) is 4.40. The minimum absolute atomic E-state index is 0.117. The van der Waals surface area contributed by atoms with E-state index in [4.69, 9.17) is 9.97 Å². The monoisotopic (exact) mass is 484 g/mol. The zero-order valence-electron chi connectivity index (χ0n) is 19.5. The highest BCUT2D eigenvalue weighted by molar-refractivity contribution is 5.97. The summed E-state index contributed by atoms with van der Waals surface area (Å²) in [4.78, 5) is 34.2. The van der Waals surface area contributed by atoms with Crippen LogP contribution in [0.3, 0.4) is 0 Å². The van der Waals surface area contributed by atoms with Crippen LogP contribution in [0.2, 0.25) is 0 Å². The van der Waals surface area contributed by atoms with E-state index in [1.807, 2.05) is 36.2 Å². The zero-order chi connectivity index (χ0) is 24.9. The Kier molecular flexibility index (Phi) is 5.53. The van der Waals surface area contributed by atoms with E-state index in [2.05, 4.69) is 15.1 Å². The third-order valence-corrected chi connectivity index (χ3v) is 6.22.